The first-order chi connectivity index (χ1) is 10.2. The lowest BCUT2D eigenvalue weighted by molar-refractivity contribution is 0.158. The van der Waals surface area contributed by atoms with Crippen molar-refractivity contribution in [2.75, 3.05) is 6.54 Å². The highest BCUT2D eigenvalue weighted by Gasteiger charge is 2.26. The molecule has 2 aromatic rings. The fourth-order valence-corrected chi connectivity index (χ4v) is 3.06. The van der Waals surface area contributed by atoms with E-state index >= 15 is 0 Å². The average molecular weight is 288 g/mol. The molecule has 0 spiro atoms. The molecule has 0 N–H and O–H groups in total. The lowest BCUT2D eigenvalue weighted by Gasteiger charge is -2.28. The molecule has 21 heavy (non-hydrogen) atoms. The van der Waals surface area contributed by atoms with Gasteiger partial charge in [-0.25, -0.2) is 4.39 Å². The Morgan fingerprint density at radius 3 is 2.90 bits per heavy atom. The maximum Gasteiger partial charge on any atom is 0.154 e. The minimum atomic E-state index is -0.130. The van der Waals surface area contributed by atoms with Crippen LogP contribution in [0.15, 0.2) is 34.9 Å². The van der Waals surface area contributed by atoms with Gasteiger partial charge in [0.1, 0.15) is 5.82 Å². The Morgan fingerprint density at radius 2 is 2.14 bits per heavy atom. The fourth-order valence-electron chi connectivity index (χ4n) is 3.06. The van der Waals surface area contributed by atoms with Crippen molar-refractivity contribution in [1.29, 1.82) is 0 Å². The summed E-state index contributed by atoms with van der Waals surface area (Å²) in [6.45, 7) is 3.53. The number of aromatic nitrogens is 1. The maximum absolute atomic E-state index is 13.9. The summed E-state index contributed by atoms with van der Waals surface area (Å²) >= 11 is 0. The highest BCUT2D eigenvalue weighted by Crippen LogP contribution is 2.32. The lowest BCUT2D eigenvalue weighted by Crippen LogP contribution is -2.28. The molecule has 2 heterocycles. The second-order valence-electron chi connectivity index (χ2n) is 5.80. The minimum absolute atomic E-state index is 0.130. The predicted molar refractivity (Wildman–Crippen MR) is 79.3 cm³/mol. The highest BCUT2D eigenvalue weighted by molar-refractivity contribution is 5.18. The van der Waals surface area contributed by atoms with Crippen LogP contribution in [0.4, 0.5) is 4.39 Å². The van der Waals surface area contributed by atoms with Gasteiger partial charge in [0.05, 0.1) is 11.7 Å². The van der Waals surface area contributed by atoms with Crippen LogP contribution >= 0.6 is 0 Å². The van der Waals surface area contributed by atoms with Crippen LogP contribution in [-0.4, -0.2) is 16.6 Å². The van der Waals surface area contributed by atoms with Gasteiger partial charge in [-0.15, -0.1) is 0 Å². The first kappa shape index (κ1) is 14.3. The molecule has 112 valence electrons. The third-order valence-electron chi connectivity index (χ3n) is 4.17. The summed E-state index contributed by atoms with van der Waals surface area (Å²) in [5, 5.41) is 4.01. The van der Waals surface area contributed by atoms with Crippen LogP contribution in [-0.2, 0) is 6.54 Å². The van der Waals surface area contributed by atoms with Crippen LogP contribution < -0.4 is 0 Å². The molecule has 0 saturated carbocycles. The summed E-state index contributed by atoms with van der Waals surface area (Å²) in [7, 11) is 0. The number of aryl methyl sites for hydroxylation is 1. The van der Waals surface area contributed by atoms with Crippen LogP contribution in [0.5, 0.6) is 0 Å². The van der Waals surface area contributed by atoms with E-state index in [1.54, 1.807) is 6.07 Å². The molecule has 1 aromatic carbocycles. The van der Waals surface area contributed by atoms with Crippen molar-refractivity contribution in [3.05, 3.63) is 53.2 Å². The molecule has 1 atom stereocenters. The molecule has 3 rings (SSSR count). The number of hydrogen-bond acceptors (Lipinski definition) is 3. The van der Waals surface area contributed by atoms with Gasteiger partial charge >= 0.3 is 0 Å². The van der Waals surface area contributed by atoms with Crippen LogP contribution in [0.25, 0.3) is 0 Å². The zero-order chi connectivity index (χ0) is 14.7. The third-order valence-corrected chi connectivity index (χ3v) is 4.17. The number of likely N-dealkylation sites (tertiary alicyclic amines) is 1. The predicted octanol–water partition coefficient (Wildman–Crippen LogP) is 4.24. The molecule has 1 aliphatic heterocycles. The largest absolute Gasteiger partial charge is 0.359 e. The third kappa shape index (κ3) is 3.32. The van der Waals surface area contributed by atoms with E-state index in [1.165, 1.54) is 18.9 Å². The van der Waals surface area contributed by atoms with Crippen molar-refractivity contribution in [2.45, 2.75) is 45.2 Å². The SMILES string of the molecule is Cc1cc(C2CCCCCN2Cc2ccccc2F)on1. The van der Waals surface area contributed by atoms with Crippen LogP contribution in [0, 0.1) is 12.7 Å². The number of nitrogens with zero attached hydrogens (tertiary/aromatic N) is 2. The van der Waals surface area contributed by atoms with Crippen molar-refractivity contribution >= 4 is 0 Å². The molecule has 0 amide bonds. The normalized spacial score (nSPS) is 20.4. The Morgan fingerprint density at radius 1 is 1.29 bits per heavy atom. The number of halogens is 1. The zero-order valence-electron chi connectivity index (χ0n) is 12.4. The van der Waals surface area contributed by atoms with E-state index in [0.717, 1.165) is 36.4 Å². The molecule has 3 nitrogen and oxygen atoms in total. The van der Waals surface area contributed by atoms with E-state index in [4.69, 9.17) is 4.52 Å². The van der Waals surface area contributed by atoms with E-state index in [0.29, 0.717) is 6.54 Å². The van der Waals surface area contributed by atoms with Gasteiger partial charge in [-0.3, -0.25) is 4.90 Å². The van der Waals surface area contributed by atoms with Gasteiger partial charge in [-0.05, 0) is 32.4 Å². The highest BCUT2D eigenvalue weighted by atomic mass is 19.1. The molecule has 1 aromatic heterocycles. The van der Waals surface area contributed by atoms with Crippen molar-refractivity contribution in [1.82, 2.24) is 10.1 Å². The van der Waals surface area contributed by atoms with Crippen LogP contribution in [0.1, 0.15) is 48.7 Å². The molecule has 4 heteroatoms. The standard InChI is InChI=1S/C17H21FN2O/c1-13-11-17(21-19-13)16-9-3-2-6-10-20(16)12-14-7-4-5-8-15(14)18/h4-5,7-8,11,16H,2-3,6,9-10,12H2,1H3. The number of hydrogen-bond donors (Lipinski definition) is 0. The zero-order valence-corrected chi connectivity index (χ0v) is 12.4. The Balaban J connectivity index is 1.84. The second kappa shape index (κ2) is 6.39. The molecule has 1 saturated heterocycles. The molecule has 0 aliphatic carbocycles. The molecule has 1 unspecified atom stereocenters. The van der Waals surface area contributed by atoms with Crippen molar-refractivity contribution < 1.29 is 8.91 Å². The van der Waals surface area contributed by atoms with Crippen molar-refractivity contribution in [3.63, 3.8) is 0 Å². The molecule has 1 fully saturated rings. The van der Waals surface area contributed by atoms with Gasteiger partial charge in [0.2, 0.25) is 0 Å². The summed E-state index contributed by atoms with van der Waals surface area (Å²) in [6, 6.07) is 9.23. The first-order valence-corrected chi connectivity index (χ1v) is 7.65. The molecule has 0 bridgehead atoms. The molecule has 1 aliphatic rings. The summed E-state index contributed by atoms with van der Waals surface area (Å²) in [5.41, 5.74) is 1.65. The van der Waals surface area contributed by atoms with Gasteiger partial charge in [0, 0.05) is 18.2 Å². The van der Waals surface area contributed by atoms with E-state index in [2.05, 4.69) is 10.1 Å². The Labute approximate surface area is 124 Å². The van der Waals surface area contributed by atoms with E-state index in [1.807, 2.05) is 25.1 Å². The van der Waals surface area contributed by atoms with Crippen LogP contribution in [0.3, 0.4) is 0 Å². The van der Waals surface area contributed by atoms with Gasteiger partial charge in [0.25, 0.3) is 0 Å². The summed E-state index contributed by atoms with van der Waals surface area (Å²) in [5.74, 6) is 0.778. The quantitative estimate of drug-likeness (QED) is 0.846. The van der Waals surface area contributed by atoms with E-state index < -0.39 is 0 Å². The van der Waals surface area contributed by atoms with Gasteiger partial charge in [0.15, 0.2) is 5.76 Å². The van der Waals surface area contributed by atoms with E-state index in [9.17, 15) is 4.39 Å². The second-order valence-corrected chi connectivity index (χ2v) is 5.80. The van der Waals surface area contributed by atoms with Crippen molar-refractivity contribution in [2.24, 2.45) is 0 Å². The van der Waals surface area contributed by atoms with Crippen LogP contribution in [0.2, 0.25) is 0 Å². The number of benzene rings is 1. The Hall–Kier alpha value is -1.68. The fraction of sp³-hybridized carbons (Fsp3) is 0.471. The molecular formula is C17H21FN2O. The van der Waals surface area contributed by atoms with Gasteiger partial charge in [-0.2, -0.15) is 0 Å². The Bertz CT molecular complexity index is 596. The van der Waals surface area contributed by atoms with E-state index in [-0.39, 0.29) is 11.9 Å². The lowest BCUT2D eigenvalue weighted by atomic mass is 10.1. The first-order valence-electron chi connectivity index (χ1n) is 7.65. The minimum Gasteiger partial charge on any atom is -0.359 e. The topological polar surface area (TPSA) is 29.3 Å². The van der Waals surface area contributed by atoms with Gasteiger partial charge in [-0.1, -0.05) is 36.2 Å². The summed E-state index contributed by atoms with van der Waals surface area (Å²) in [4.78, 5) is 2.32. The molecular weight excluding hydrogens is 267 g/mol. The summed E-state index contributed by atoms with van der Waals surface area (Å²) < 4.78 is 19.4. The van der Waals surface area contributed by atoms with Gasteiger partial charge < -0.3 is 4.52 Å². The van der Waals surface area contributed by atoms with Crippen molar-refractivity contribution in [3.8, 4) is 0 Å². The average Bonchev–Trinajstić information content (AvgIpc) is 2.77. The monoisotopic (exact) mass is 288 g/mol. The summed E-state index contributed by atoms with van der Waals surface area (Å²) in [6.07, 6.45) is 4.59. The Kier molecular flexibility index (Phi) is 4.34. The number of rotatable bonds is 3. The molecule has 0 radical (unpaired) electrons. The maximum atomic E-state index is 13.9. The smallest absolute Gasteiger partial charge is 0.154 e.